The van der Waals surface area contributed by atoms with Gasteiger partial charge in [-0.15, -0.1) is 0 Å². The van der Waals surface area contributed by atoms with Crippen LogP contribution in [0.1, 0.15) is 24.8 Å². The predicted octanol–water partition coefficient (Wildman–Crippen LogP) is 1.84. The molecule has 1 aliphatic carbocycles. The van der Waals surface area contributed by atoms with Gasteiger partial charge in [-0.3, -0.25) is 4.79 Å². The van der Waals surface area contributed by atoms with E-state index in [9.17, 15) is 4.79 Å². The van der Waals surface area contributed by atoms with Crippen molar-refractivity contribution in [2.24, 2.45) is 5.92 Å². The van der Waals surface area contributed by atoms with E-state index in [1.54, 1.807) is 7.11 Å². The highest BCUT2D eigenvalue weighted by molar-refractivity contribution is 5.79. The molecule has 1 aromatic rings. The Balaban J connectivity index is 1.44. The number of carbonyl (C=O) groups is 1. The SMILES string of the molecule is COc1ccc(CCN2C[C@@H](NCC3CC3)CC2=O)cc1. The Kier molecular flexibility index (Phi) is 4.44. The lowest BCUT2D eigenvalue weighted by atomic mass is 10.1. The molecule has 1 atom stereocenters. The zero-order valence-electron chi connectivity index (χ0n) is 12.7. The summed E-state index contributed by atoms with van der Waals surface area (Å²) in [5, 5.41) is 3.54. The molecule has 2 fully saturated rings. The van der Waals surface area contributed by atoms with Crippen molar-refractivity contribution in [1.29, 1.82) is 0 Å². The largest absolute Gasteiger partial charge is 0.497 e. The van der Waals surface area contributed by atoms with Crippen LogP contribution in [0.3, 0.4) is 0 Å². The fourth-order valence-corrected chi connectivity index (χ4v) is 2.84. The van der Waals surface area contributed by atoms with E-state index in [0.29, 0.717) is 12.5 Å². The predicted molar refractivity (Wildman–Crippen MR) is 82.4 cm³/mol. The molecule has 3 rings (SSSR count). The first-order valence-corrected chi connectivity index (χ1v) is 7.88. The number of amides is 1. The Morgan fingerprint density at radius 2 is 2.05 bits per heavy atom. The van der Waals surface area contributed by atoms with Gasteiger partial charge in [0, 0.05) is 25.6 Å². The van der Waals surface area contributed by atoms with Crippen LogP contribution in [0, 0.1) is 5.92 Å². The summed E-state index contributed by atoms with van der Waals surface area (Å²) in [4.78, 5) is 14.0. The first-order chi connectivity index (χ1) is 10.2. The minimum atomic E-state index is 0.289. The Hall–Kier alpha value is -1.55. The van der Waals surface area contributed by atoms with Crippen LogP contribution >= 0.6 is 0 Å². The summed E-state index contributed by atoms with van der Waals surface area (Å²) in [5.74, 6) is 2.03. The Bertz CT molecular complexity index is 482. The van der Waals surface area contributed by atoms with E-state index in [-0.39, 0.29) is 5.91 Å². The van der Waals surface area contributed by atoms with Crippen molar-refractivity contribution in [2.45, 2.75) is 31.7 Å². The number of benzene rings is 1. The molecule has 21 heavy (non-hydrogen) atoms. The summed E-state index contributed by atoms with van der Waals surface area (Å²) < 4.78 is 5.16. The van der Waals surface area contributed by atoms with Crippen LogP contribution in [0.4, 0.5) is 0 Å². The fourth-order valence-electron chi connectivity index (χ4n) is 2.84. The summed E-state index contributed by atoms with van der Waals surface area (Å²) in [5.41, 5.74) is 1.25. The van der Waals surface area contributed by atoms with Gasteiger partial charge in [-0.1, -0.05) is 12.1 Å². The van der Waals surface area contributed by atoms with Gasteiger partial charge < -0.3 is 15.0 Å². The second kappa shape index (κ2) is 6.48. The molecule has 1 aliphatic heterocycles. The molecule has 1 N–H and O–H groups in total. The second-order valence-corrected chi connectivity index (χ2v) is 6.19. The number of ether oxygens (including phenoxy) is 1. The number of rotatable bonds is 7. The molecular formula is C17H24N2O2. The van der Waals surface area contributed by atoms with Crippen LogP contribution in [0.5, 0.6) is 5.75 Å². The van der Waals surface area contributed by atoms with E-state index in [2.05, 4.69) is 17.4 Å². The third kappa shape index (κ3) is 3.97. The van der Waals surface area contributed by atoms with Gasteiger partial charge in [0.05, 0.1) is 7.11 Å². The Morgan fingerprint density at radius 1 is 1.29 bits per heavy atom. The van der Waals surface area contributed by atoms with Gasteiger partial charge in [-0.25, -0.2) is 0 Å². The number of nitrogens with one attached hydrogen (secondary N) is 1. The molecule has 1 amide bonds. The van der Waals surface area contributed by atoms with Gasteiger partial charge in [-0.05, 0) is 49.4 Å². The standard InChI is InChI=1S/C17H24N2O2/c1-21-16-6-4-13(5-7-16)8-9-19-12-15(10-17(19)20)18-11-14-2-3-14/h4-7,14-15,18H,2-3,8-12H2,1H3/t15-/m0/s1. The molecule has 0 aromatic heterocycles. The highest BCUT2D eigenvalue weighted by Crippen LogP contribution is 2.28. The van der Waals surface area contributed by atoms with Crippen LogP contribution in [-0.4, -0.2) is 43.6 Å². The summed E-state index contributed by atoms with van der Waals surface area (Å²) in [7, 11) is 1.67. The average molecular weight is 288 g/mol. The van der Waals surface area contributed by atoms with Gasteiger partial charge in [-0.2, -0.15) is 0 Å². The number of carbonyl (C=O) groups excluding carboxylic acids is 1. The molecule has 0 radical (unpaired) electrons. The van der Waals surface area contributed by atoms with Gasteiger partial charge in [0.25, 0.3) is 0 Å². The summed E-state index contributed by atoms with van der Waals surface area (Å²) >= 11 is 0. The zero-order valence-corrected chi connectivity index (χ0v) is 12.7. The fraction of sp³-hybridized carbons (Fsp3) is 0.588. The van der Waals surface area contributed by atoms with Crippen LogP contribution in [0.15, 0.2) is 24.3 Å². The van der Waals surface area contributed by atoms with E-state index in [1.165, 1.54) is 18.4 Å². The molecule has 0 spiro atoms. The van der Waals surface area contributed by atoms with Crippen molar-refractivity contribution >= 4 is 5.91 Å². The normalized spacial score (nSPS) is 21.9. The third-order valence-electron chi connectivity index (χ3n) is 4.44. The van der Waals surface area contributed by atoms with E-state index in [1.807, 2.05) is 17.0 Å². The number of hydrogen-bond donors (Lipinski definition) is 1. The molecule has 114 valence electrons. The van der Waals surface area contributed by atoms with Gasteiger partial charge in [0.1, 0.15) is 5.75 Å². The lowest BCUT2D eigenvalue weighted by Crippen LogP contribution is -2.34. The minimum Gasteiger partial charge on any atom is -0.497 e. The van der Waals surface area contributed by atoms with Crippen molar-refractivity contribution in [2.75, 3.05) is 26.7 Å². The van der Waals surface area contributed by atoms with Crippen LogP contribution in [0.2, 0.25) is 0 Å². The number of nitrogens with zero attached hydrogens (tertiary/aromatic N) is 1. The van der Waals surface area contributed by atoms with Gasteiger partial charge in [0.2, 0.25) is 5.91 Å². The highest BCUT2D eigenvalue weighted by atomic mass is 16.5. The lowest BCUT2D eigenvalue weighted by molar-refractivity contribution is -0.127. The zero-order chi connectivity index (χ0) is 14.7. The van der Waals surface area contributed by atoms with Crippen LogP contribution < -0.4 is 10.1 Å². The molecule has 4 nitrogen and oxygen atoms in total. The van der Waals surface area contributed by atoms with Crippen molar-refractivity contribution in [1.82, 2.24) is 10.2 Å². The van der Waals surface area contributed by atoms with E-state index < -0.39 is 0 Å². The number of likely N-dealkylation sites (tertiary alicyclic amines) is 1. The van der Waals surface area contributed by atoms with Crippen molar-refractivity contribution in [3.8, 4) is 5.75 Å². The quantitative estimate of drug-likeness (QED) is 0.832. The molecule has 1 aromatic carbocycles. The molecule has 2 aliphatic rings. The highest BCUT2D eigenvalue weighted by Gasteiger charge is 2.30. The maximum atomic E-state index is 12.0. The number of methoxy groups -OCH3 is 1. The van der Waals surface area contributed by atoms with E-state index in [0.717, 1.165) is 37.7 Å². The molecule has 1 heterocycles. The van der Waals surface area contributed by atoms with Crippen molar-refractivity contribution < 1.29 is 9.53 Å². The summed E-state index contributed by atoms with van der Waals surface area (Å²) in [6, 6.07) is 8.45. The molecule has 1 saturated heterocycles. The topological polar surface area (TPSA) is 41.6 Å². The molecule has 4 heteroatoms. The molecular weight excluding hydrogens is 264 g/mol. The molecule has 0 bridgehead atoms. The summed E-state index contributed by atoms with van der Waals surface area (Å²) in [6.07, 6.45) is 4.28. The minimum absolute atomic E-state index is 0.289. The van der Waals surface area contributed by atoms with Crippen molar-refractivity contribution in [3.05, 3.63) is 29.8 Å². The molecule has 0 unspecified atom stereocenters. The first-order valence-electron chi connectivity index (χ1n) is 7.88. The van der Waals surface area contributed by atoms with E-state index in [4.69, 9.17) is 4.74 Å². The lowest BCUT2D eigenvalue weighted by Gasteiger charge is -2.17. The van der Waals surface area contributed by atoms with Crippen LogP contribution in [0.25, 0.3) is 0 Å². The van der Waals surface area contributed by atoms with Gasteiger partial charge in [0.15, 0.2) is 0 Å². The molecule has 1 saturated carbocycles. The second-order valence-electron chi connectivity index (χ2n) is 6.19. The van der Waals surface area contributed by atoms with Gasteiger partial charge >= 0.3 is 0 Å². The monoisotopic (exact) mass is 288 g/mol. The maximum absolute atomic E-state index is 12.0. The average Bonchev–Trinajstić information content (AvgIpc) is 3.27. The summed E-state index contributed by atoms with van der Waals surface area (Å²) in [6.45, 7) is 2.76. The van der Waals surface area contributed by atoms with E-state index >= 15 is 0 Å². The maximum Gasteiger partial charge on any atom is 0.224 e. The van der Waals surface area contributed by atoms with Crippen LogP contribution in [-0.2, 0) is 11.2 Å². The third-order valence-corrected chi connectivity index (χ3v) is 4.44. The first kappa shape index (κ1) is 14.4. The Morgan fingerprint density at radius 3 is 2.71 bits per heavy atom. The number of hydrogen-bond acceptors (Lipinski definition) is 3. The van der Waals surface area contributed by atoms with Crippen molar-refractivity contribution in [3.63, 3.8) is 0 Å². The Labute approximate surface area is 126 Å². The smallest absolute Gasteiger partial charge is 0.224 e.